The van der Waals surface area contributed by atoms with Crippen molar-refractivity contribution in [1.82, 2.24) is 10.3 Å². The summed E-state index contributed by atoms with van der Waals surface area (Å²) in [5, 5.41) is 3.42. The SMILES string of the molecule is c1cc(CCCCC2CCNC2)ccn1. The summed E-state index contributed by atoms with van der Waals surface area (Å²) >= 11 is 0. The van der Waals surface area contributed by atoms with E-state index >= 15 is 0 Å². The van der Waals surface area contributed by atoms with Crippen molar-refractivity contribution < 1.29 is 0 Å². The minimum absolute atomic E-state index is 0.947. The Kier molecular flexibility index (Phi) is 4.15. The minimum Gasteiger partial charge on any atom is -0.316 e. The van der Waals surface area contributed by atoms with Crippen LogP contribution in [-0.2, 0) is 6.42 Å². The van der Waals surface area contributed by atoms with Crippen LogP contribution in [0.3, 0.4) is 0 Å². The Morgan fingerprint density at radius 1 is 1.27 bits per heavy atom. The van der Waals surface area contributed by atoms with E-state index in [0.29, 0.717) is 0 Å². The number of nitrogens with zero attached hydrogens (tertiary/aromatic N) is 1. The molecule has 82 valence electrons. The Morgan fingerprint density at radius 2 is 2.13 bits per heavy atom. The molecule has 0 amide bonds. The highest BCUT2D eigenvalue weighted by Gasteiger charge is 2.13. The first-order chi connectivity index (χ1) is 7.45. The summed E-state index contributed by atoms with van der Waals surface area (Å²) in [4.78, 5) is 4.03. The van der Waals surface area contributed by atoms with Gasteiger partial charge < -0.3 is 5.32 Å². The zero-order valence-corrected chi connectivity index (χ0v) is 9.28. The van der Waals surface area contributed by atoms with Crippen molar-refractivity contribution in [2.75, 3.05) is 13.1 Å². The van der Waals surface area contributed by atoms with Gasteiger partial charge in [0, 0.05) is 12.4 Å². The van der Waals surface area contributed by atoms with Crippen LogP contribution in [-0.4, -0.2) is 18.1 Å². The molecule has 1 unspecified atom stereocenters. The van der Waals surface area contributed by atoms with Gasteiger partial charge in [0.05, 0.1) is 0 Å². The topological polar surface area (TPSA) is 24.9 Å². The molecule has 0 spiro atoms. The molecular formula is C13H20N2. The number of nitrogens with one attached hydrogen (secondary N) is 1. The zero-order chi connectivity index (χ0) is 10.3. The summed E-state index contributed by atoms with van der Waals surface area (Å²) in [5.41, 5.74) is 1.43. The summed E-state index contributed by atoms with van der Waals surface area (Å²) in [5.74, 6) is 0.947. The van der Waals surface area contributed by atoms with Crippen molar-refractivity contribution in [3.05, 3.63) is 30.1 Å². The number of rotatable bonds is 5. The van der Waals surface area contributed by atoms with Crippen LogP contribution in [0.1, 0.15) is 31.2 Å². The smallest absolute Gasteiger partial charge is 0.0270 e. The molecule has 1 atom stereocenters. The zero-order valence-electron chi connectivity index (χ0n) is 9.28. The molecule has 0 bridgehead atoms. The predicted molar refractivity (Wildman–Crippen MR) is 62.8 cm³/mol. The van der Waals surface area contributed by atoms with Crippen molar-refractivity contribution in [3.8, 4) is 0 Å². The van der Waals surface area contributed by atoms with E-state index in [1.165, 1.54) is 50.8 Å². The third kappa shape index (κ3) is 3.63. The van der Waals surface area contributed by atoms with Gasteiger partial charge in [0.25, 0.3) is 0 Å². The summed E-state index contributed by atoms with van der Waals surface area (Å²) in [6, 6.07) is 4.24. The summed E-state index contributed by atoms with van der Waals surface area (Å²) in [6.07, 6.45) is 10.5. The van der Waals surface area contributed by atoms with Gasteiger partial charge in [-0.2, -0.15) is 0 Å². The van der Waals surface area contributed by atoms with Gasteiger partial charge in [-0.25, -0.2) is 0 Å². The van der Waals surface area contributed by atoms with E-state index in [9.17, 15) is 0 Å². The van der Waals surface area contributed by atoms with E-state index in [-0.39, 0.29) is 0 Å². The second-order valence-electron chi connectivity index (χ2n) is 4.46. The lowest BCUT2D eigenvalue weighted by molar-refractivity contribution is 0.497. The van der Waals surface area contributed by atoms with Crippen molar-refractivity contribution in [1.29, 1.82) is 0 Å². The van der Waals surface area contributed by atoms with Gasteiger partial charge in [-0.15, -0.1) is 0 Å². The highest BCUT2D eigenvalue weighted by molar-refractivity contribution is 5.09. The minimum atomic E-state index is 0.947. The van der Waals surface area contributed by atoms with Crippen LogP contribution in [0.2, 0.25) is 0 Å². The number of hydrogen-bond donors (Lipinski definition) is 1. The second-order valence-corrected chi connectivity index (χ2v) is 4.46. The second kappa shape index (κ2) is 5.86. The van der Waals surface area contributed by atoms with Crippen molar-refractivity contribution in [2.24, 2.45) is 5.92 Å². The van der Waals surface area contributed by atoms with Crippen LogP contribution in [0, 0.1) is 5.92 Å². The van der Waals surface area contributed by atoms with E-state index in [1.54, 1.807) is 0 Å². The molecule has 1 aliphatic heterocycles. The highest BCUT2D eigenvalue weighted by Crippen LogP contribution is 2.16. The Hall–Kier alpha value is -0.890. The maximum absolute atomic E-state index is 4.03. The van der Waals surface area contributed by atoms with Crippen molar-refractivity contribution >= 4 is 0 Å². The number of aromatic nitrogens is 1. The molecule has 1 aliphatic rings. The van der Waals surface area contributed by atoms with E-state index in [2.05, 4.69) is 22.4 Å². The van der Waals surface area contributed by atoms with Gasteiger partial charge in [0.1, 0.15) is 0 Å². The average molecular weight is 204 g/mol. The fraction of sp³-hybridized carbons (Fsp3) is 0.615. The first kappa shape index (κ1) is 10.6. The summed E-state index contributed by atoms with van der Waals surface area (Å²) in [6.45, 7) is 2.48. The van der Waals surface area contributed by atoms with Crippen molar-refractivity contribution in [2.45, 2.75) is 32.1 Å². The Morgan fingerprint density at radius 3 is 2.87 bits per heavy atom. The molecule has 1 saturated heterocycles. The van der Waals surface area contributed by atoms with Crippen LogP contribution >= 0.6 is 0 Å². The largest absolute Gasteiger partial charge is 0.316 e. The molecule has 0 radical (unpaired) electrons. The van der Waals surface area contributed by atoms with Crippen LogP contribution in [0.5, 0.6) is 0 Å². The Bertz CT molecular complexity index is 265. The molecular weight excluding hydrogens is 184 g/mol. The average Bonchev–Trinajstić information content (AvgIpc) is 2.79. The monoisotopic (exact) mass is 204 g/mol. The van der Waals surface area contributed by atoms with Gasteiger partial charge in [0.2, 0.25) is 0 Å². The Labute approximate surface area is 92.1 Å². The maximum atomic E-state index is 4.03. The molecule has 2 rings (SSSR count). The molecule has 2 heterocycles. The quantitative estimate of drug-likeness (QED) is 0.745. The molecule has 2 heteroatoms. The lowest BCUT2D eigenvalue weighted by Gasteiger charge is -2.07. The number of unbranched alkanes of at least 4 members (excludes halogenated alkanes) is 1. The molecule has 1 aromatic rings. The van der Waals surface area contributed by atoms with Crippen molar-refractivity contribution in [3.63, 3.8) is 0 Å². The third-order valence-corrected chi connectivity index (χ3v) is 3.24. The van der Waals surface area contributed by atoms with Crippen LogP contribution in [0.15, 0.2) is 24.5 Å². The molecule has 0 saturated carbocycles. The van der Waals surface area contributed by atoms with E-state index in [1.807, 2.05) is 12.4 Å². The van der Waals surface area contributed by atoms with E-state index in [4.69, 9.17) is 0 Å². The molecule has 1 N–H and O–H groups in total. The molecule has 2 nitrogen and oxygen atoms in total. The first-order valence-corrected chi connectivity index (χ1v) is 6.05. The van der Waals surface area contributed by atoms with Gasteiger partial charge >= 0.3 is 0 Å². The lowest BCUT2D eigenvalue weighted by Crippen LogP contribution is -2.08. The number of pyridine rings is 1. The Balaban J connectivity index is 1.59. The normalized spacial score (nSPS) is 20.7. The third-order valence-electron chi connectivity index (χ3n) is 3.24. The van der Waals surface area contributed by atoms with Crippen LogP contribution in [0.25, 0.3) is 0 Å². The molecule has 15 heavy (non-hydrogen) atoms. The molecule has 1 fully saturated rings. The highest BCUT2D eigenvalue weighted by atomic mass is 14.9. The number of aryl methyl sites for hydroxylation is 1. The fourth-order valence-electron chi connectivity index (χ4n) is 2.27. The fourth-order valence-corrected chi connectivity index (χ4v) is 2.27. The van der Waals surface area contributed by atoms with E-state index < -0.39 is 0 Å². The molecule has 0 aliphatic carbocycles. The van der Waals surface area contributed by atoms with Crippen LogP contribution in [0.4, 0.5) is 0 Å². The first-order valence-electron chi connectivity index (χ1n) is 6.05. The van der Waals surface area contributed by atoms with Gasteiger partial charge in [0.15, 0.2) is 0 Å². The summed E-state index contributed by atoms with van der Waals surface area (Å²) in [7, 11) is 0. The molecule has 1 aromatic heterocycles. The standard InChI is InChI=1S/C13H20N2/c1(2-4-13-7-10-15-11-13)3-12-5-8-14-9-6-12/h5-6,8-9,13,15H,1-4,7,10-11H2. The van der Waals surface area contributed by atoms with Gasteiger partial charge in [-0.3, -0.25) is 4.98 Å². The van der Waals surface area contributed by atoms with Crippen LogP contribution < -0.4 is 5.32 Å². The van der Waals surface area contributed by atoms with Gasteiger partial charge in [-0.05, 0) is 62.4 Å². The maximum Gasteiger partial charge on any atom is 0.0270 e. The predicted octanol–water partition coefficient (Wildman–Crippen LogP) is 2.40. The van der Waals surface area contributed by atoms with Gasteiger partial charge in [-0.1, -0.05) is 6.42 Å². The van der Waals surface area contributed by atoms with E-state index in [0.717, 1.165) is 5.92 Å². The number of hydrogen-bond acceptors (Lipinski definition) is 2. The lowest BCUT2D eigenvalue weighted by atomic mass is 9.99. The molecule has 0 aromatic carbocycles. The summed E-state index contributed by atoms with van der Waals surface area (Å²) < 4.78 is 0.